The third kappa shape index (κ3) is 5.48. The fourth-order valence-electron chi connectivity index (χ4n) is 4.13. The lowest BCUT2D eigenvalue weighted by Crippen LogP contribution is -2.47. The molecule has 0 aliphatic carbocycles. The van der Waals surface area contributed by atoms with Gasteiger partial charge in [-0.25, -0.2) is 0 Å². The van der Waals surface area contributed by atoms with E-state index in [4.69, 9.17) is 31.2 Å². The molecule has 2 aromatic carbocycles. The van der Waals surface area contributed by atoms with Crippen LogP contribution < -0.4 is 14.8 Å². The van der Waals surface area contributed by atoms with E-state index in [0.29, 0.717) is 36.0 Å². The van der Waals surface area contributed by atoms with E-state index in [0.717, 1.165) is 40.4 Å². The topological polar surface area (TPSA) is 72.7 Å². The van der Waals surface area contributed by atoms with Crippen molar-refractivity contribution in [1.82, 2.24) is 20.4 Å². The van der Waals surface area contributed by atoms with Crippen LogP contribution in [0.3, 0.4) is 0 Å². The maximum absolute atomic E-state index is 5.82. The van der Waals surface area contributed by atoms with Gasteiger partial charge >= 0.3 is 0 Å². The molecule has 0 amide bonds. The summed E-state index contributed by atoms with van der Waals surface area (Å²) in [5.41, 5.74) is 3.81. The molecule has 0 fully saturated rings. The second kappa shape index (κ2) is 10.9. The van der Waals surface area contributed by atoms with Crippen LogP contribution >= 0.6 is 12.2 Å². The smallest absolute Gasteiger partial charge is 0.258 e. The van der Waals surface area contributed by atoms with Gasteiger partial charge in [0, 0.05) is 17.8 Å². The van der Waals surface area contributed by atoms with Crippen LogP contribution in [0.1, 0.15) is 52.1 Å². The van der Waals surface area contributed by atoms with Crippen LogP contribution in [0.5, 0.6) is 11.5 Å². The molecule has 1 N–H and O–H groups in total. The molecule has 0 spiro atoms. The molecule has 35 heavy (non-hydrogen) atoms. The van der Waals surface area contributed by atoms with Crippen molar-refractivity contribution >= 4 is 22.9 Å². The van der Waals surface area contributed by atoms with Gasteiger partial charge < -0.3 is 24.2 Å². The first-order chi connectivity index (χ1) is 16.9. The van der Waals surface area contributed by atoms with Crippen molar-refractivity contribution in [1.29, 1.82) is 0 Å². The lowest BCUT2D eigenvalue weighted by Gasteiger charge is -2.38. The fraction of sp³-hybridized carbons (Fsp3) is 0.370. The number of nitrogens with zero attached hydrogens (tertiary/aromatic N) is 3. The van der Waals surface area contributed by atoms with Gasteiger partial charge in [-0.1, -0.05) is 31.1 Å². The summed E-state index contributed by atoms with van der Waals surface area (Å²) in [6, 6.07) is 15.5. The highest BCUT2D eigenvalue weighted by Crippen LogP contribution is 2.38. The van der Waals surface area contributed by atoms with Crippen LogP contribution in [-0.4, -0.2) is 39.9 Å². The lowest BCUT2D eigenvalue weighted by molar-refractivity contribution is 0.340. The largest absolute Gasteiger partial charge is 0.494 e. The second-order valence-electron chi connectivity index (χ2n) is 8.77. The number of hydrogen-bond donors (Lipinski definition) is 1. The molecule has 184 valence electrons. The summed E-state index contributed by atoms with van der Waals surface area (Å²) in [6.07, 6.45) is 0. The lowest BCUT2D eigenvalue weighted by atomic mass is 9.94. The Kier molecular flexibility index (Phi) is 7.70. The van der Waals surface area contributed by atoms with Crippen LogP contribution in [-0.2, 0) is 0 Å². The van der Waals surface area contributed by atoms with Crippen molar-refractivity contribution < 1.29 is 14.0 Å². The molecule has 4 rings (SSSR count). The van der Waals surface area contributed by atoms with Gasteiger partial charge in [0.25, 0.3) is 5.89 Å². The van der Waals surface area contributed by atoms with E-state index in [-0.39, 0.29) is 6.04 Å². The molecule has 8 heteroatoms. The van der Waals surface area contributed by atoms with Gasteiger partial charge in [0.1, 0.15) is 11.5 Å². The predicted octanol–water partition coefficient (Wildman–Crippen LogP) is 5.85. The van der Waals surface area contributed by atoms with Crippen molar-refractivity contribution in [3.05, 3.63) is 65.7 Å². The number of allylic oxidation sites excluding steroid dienone is 1. The van der Waals surface area contributed by atoms with E-state index in [2.05, 4.69) is 36.1 Å². The Bertz CT molecular complexity index is 1190. The fourth-order valence-corrected chi connectivity index (χ4v) is 4.46. The summed E-state index contributed by atoms with van der Waals surface area (Å²) >= 11 is 5.76. The van der Waals surface area contributed by atoms with E-state index < -0.39 is 0 Å². The Hall–Kier alpha value is -3.39. The Morgan fingerprint density at radius 2 is 1.60 bits per heavy atom. The average molecular weight is 493 g/mol. The number of benzene rings is 2. The van der Waals surface area contributed by atoms with Gasteiger partial charge in [-0.2, -0.15) is 4.98 Å². The van der Waals surface area contributed by atoms with Crippen LogP contribution in [0.25, 0.3) is 17.0 Å². The summed E-state index contributed by atoms with van der Waals surface area (Å²) in [7, 11) is 0. The molecule has 7 nitrogen and oxygen atoms in total. The van der Waals surface area contributed by atoms with Crippen molar-refractivity contribution in [3.63, 3.8) is 0 Å². The van der Waals surface area contributed by atoms with Gasteiger partial charge in [0.15, 0.2) is 5.11 Å². The number of aromatic nitrogens is 2. The minimum absolute atomic E-state index is 0.227. The quantitative estimate of drug-likeness (QED) is 0.373. The van der Waals surface area contributed by atoms with Gasteiger partial charge in [-0.3, -0.25) is 0 Å². The Balaban J connectivity index is 1.73. The number of nitrogens with one attached hydrogen (secondary N) is 1. The van der Waals surface area contributed by atoms with E-state index in [1.807, 2.05) is 62.4 Å². The number of hydrogen-bond acceptors (Lipinski definition) is 6. The number of thiocarbonyl (C=S) groups is 1. The van der Waals surface area contributed by atoms with Gasteiger partial charge in [-0.05, 0) is 80.9 Å². The molecule has 1 atom stereocenters. The third-order valence-electron chi connectivity index (χ3n) is 5.75. The number of ether oxygens (including phenoxy) is 2. The Morgan fingerprint density at radius 1 is 1.00 bits per heavy atom. The van der Waals surface area contributed by atoms with Crippen LogP contribution in [0.2, 0.25) is 0 Å². The zero-order valence-electron chi connectivity index (χ0n) is 20.9. The molecule has 1 unspecified atom stereocenters. The predicted molar refractivity (Wildman–Crippen MR) is 141 cm³/mol. The highest BCUT2D eigenvalue weighted by atomic mass is 32.1. The van der Waals surface area contributed by atoms with E-state index >= 15 is 0 Å². The first-order valence-corrected chi connectivity index (χ1v) is 12.4. The molecule has 0 bridgehead atoms. The Labute approximate surface area is 212 Å². The molecule has 2 heterocycles. The normalized spacial score (nSPS) is 16.0. The Morgan fingerprint density at radius 3 is 2.17 bits per heavy atom. The molecular formula is C27H32N4O3S. The van der Waals surface area contributed by atoms with Crippen molar-refractivity contribution in [2.24, 2.45) is 5.92 Å². The highest BCUT2D eigenvalue weighted by Gasteiger charge is 2.34. The highest BCUT2D eigenvalue weighted by molar-refractivity contribution is 7.80. The minimum Gasteiger partial charge on any atom is -0.494 e. The van der Waals surface area contributed by atoms with Crippen LogP contribution in [0.15, 0.2) is 58.8 Å². The second-order valence-corrected chi connectivity index (χ2v) is 9.16. The molecule has 0 radical (unpaired) electrons. The molecule has 1 aliphatic heterocycles. The summed E-state index contributed by atoms with van der Waals surface area (Å²) in [4.78, 5) is 6.89. The van der Waals surface area contributed by atoms with Crippen molar-refractivity contribution in [3.8, 4) is 22.9 Å². The molecule has 1 aromatic heterocycles. The summed E-state index contributed by atoms with van der Waals surface area (Å²) in [5.74, 6) is 3.05. The van der Waals surface area contributed by atoms with Crippen LogP contribution in [0, 0.1) is 5.92 Å². The summed E-state index contributed by atoms with van der Waals surface area (Å²) in [5, 5.41) is 8.47. The zero-order chi connectivity index (χ0) is 24.9. The summed E-state index contributed by atoms with van der Waals surface area (Å²) < 4.78 is 17.0. The minimum atomic E-state index is -0.227. The molecule has 1 aliphatic rings. The van der Waals surface area contributed by atoms with Gasteiger partial charge in [0.2, 0.25) is 5.82 Å². The van der Waals surface area contributed by atoms with Crippen molar-refractivity contribution in [2.75, 3.05) is 19.8 Å². The molecule has 0 saturated carbocycles. The zero-order valence-corrected chi connectivity index (χ0v) is 21.7. The molecule has 3 aromatic rings. The maximum atomic E-state index is 5.82. The third-order valence-corrected chi connectivity index (χ3v) is 6.09. The SMILES string of the molecule is CCOc1ccc(-c2noc(C3=C(C)N(CC(C)C)C(=S)NC3c3ccc(OCC)cc3)n2)cc1. The average Bonchev–Trinajstić information content (AvgIpc) is 3.32. The first-order valence-electron chi connectivity index (χ1n) is 12.0. The van der Waals surface area contributed by atoms with Gasteiger partial charge in [0.05, 0.1) is 24.8 Å². The standard InChI is InChI=1S/C27H32N4O3S/c1-6-32-21-12-8-19(9-13-21)24-23(18(5)31(16-17(3)4)27(35)28-24)26-29-25(30-34-26)20-10-14-22(15-11-20)33-7-2/h8-15,17,24H,6-7,16H2,1-5H3,(H,28,35). The van der Waals surface area contributed by atoms with E-state index in [1.54, 1.807) is 0 Å². The summed E-state index contributed by atoms with van der Waals surface area (Å²) in [6.45, 7) is 12.4. The van der Waals surface area contributed by atoms with Crippen molar-refractivity contribution in [2.45, 2.75) is 40.7 Å². The van der Waals surface area contributed by atoms with Gasteiger partial charge in [-0.15, -0.1) is 0 Å². The molecular weight excluding hydrogens is 460 g/mol. The molecule has 0 saturated heterocycles. The monoisotopic (exact) mass is 492 g/mol. The first kappa shape index (κ1) is 24.7. The number of rotatable bonds is 9. The van der Waals surface area contributed by atoms with E-state index in [1.165, 1.54) is 0 Å². The van der Waals surface area contributed by atoms with Crippen LogP contribution in [0.4, 0.5) is 0 Å². The van der Waals surface area contributed by atoms with E-state index in [9.17, 15) is 0 Å². The maximum Gasteiger partial charge on any atom is 0.258 e.